The lowest BCUT2D eigenvalue weighted by Gasteiger charge is -2.14. The van der Waals surface area contributed by atoms with Crippen LogP contribution in [-0.2, 0) is 21.5 Å². The molecule has 1 unspecified atom stereocenters. The van der Waals surface area contributed by atoms with Gasteiger partial charge in [-0.05, 0) is 6.92 Å². The molecule has 0 aliphatic rings. The summed E-state index contributed by atoms with van der Waals surface area (Å²) in [5.41, 5.74) is 0.0755. The Bertz CT molecular complexity index is 426. The number of nitrogens with one attached hydrogen (secondary N) is 2. The summed E-state index contributed by atoms with van der Waals surface area (Å²) in [5, 5.41) is 7.14. The summed E-state index contributed by atoms with van der Waals surface area (Å²) in [7, 11) is 1.62. The van der Waals surface area contributed by atoms with Crippen LogP contribution in [0.5, 0.6) is 0 Å². The van der Waals surface area contributed by atoms with Gasteiger partial charge in [-0.25, -0.2) is 4.98 Å². The molecule has 1 aromatic rings. The Kier molecular flexibility index (Phi) is 6.58. The summed E-state index contributed by atoms with van der Waals surface area (Å²) in [5.74, 6) is -0.0115. The summed E-state index contributed by atoms with van der Waals surface area (Å²) >= 11 is 1.69. The number of nitrogens with zero attached hydrogens (tertiary/aromatic N) is 1. The number of hydrogen-bond donors (Lipinski definition) is 2. The highest BCUT2D eigenvalue weighted by molar-refractivity contribution is 7.11. The van der Waals surface area contributed by atoms with Crippen molar-refractivity contribution in [1.29, 1.82) is 0 Å². The summed E-state index contributed by atoms with van der Waals surface area (Å²) < 4.78 is 4.89. The average Bonchev–Trinajstić information content (AvgIpc) is 2.84. The standard InChI is InChI=1S/C14H25N3O2S/c1-10(12(18)15-6-7-19-5)16-8-11-9-17-13(20-11)14(2,3)4/h9-10,16H,6-8H2,1-5H3,(H,15,18). The number of rotatable bonds is 7. The van der Waals surface area contributed by atoms with E-state index >= 15 is 0 Å². The zero-order valence-electron chi connectivity index (χ0n) is 12.9. The van der Waals surface area contributed by atoms with Gasteiger partial charge in [0.25, 0.3) is 0 Å². The molecule has 5 nitrogen and oxygen atoms in total. The van der Waals surface area contributed by atoms with Crippen molar-refractivity contribution in [1.82, 2.24) is 15.6 Å². The molecule has 0 aliphatic heterocycles. The van der Waals surface area contributed by atoms with Gasteiger partial charge in [-0.3, -0.25) is 4.79 Å². The lowest BCUT2D eigenvalue weighted by Crippen LogP contribution is -2.42. The predicted molar refractivity (Wildman–Crippen MR) is 82.0 cm³/mol. The predicted octanol–water partition coefficient (Wildman–Crippen LogP) is 1.68. The Morgan fingerprint density at radius 1 is 1.50 bits per heavy atom. The van der Waals surface area contributed by atoms with Gasteiger partial charge >= 0.3 is 0 Å². The van der Waals surface area contributed by atoms with Crippen LogP contribution >= 0.6 is 11.3 Å². The van der Waals surface area contributed by atoms with Crippen LogP contribution < -0.4 is 10.6 Å². The highest BCUT2D eigenvalue weighted by atomic mass is 32.1. The molecular weight excluding hydrogens is 274 g/mol. The fourth-order valence-corrected chi connectivity index (χ4v) is 2.43. The van der Waals surface area contributed by atoms with E-state index in [0.29, 0.717) is 19.7 Å². The first kappa shape index (κ1) is 17.1. The quantitative estimate of drug-likeness (QED) is 0.752. The summed E-state index contributed by atoms with van der Waals surface area (Å²) in [6.07, 6.45) is 1.88. The minimum absolute atomic E-state index is 0.0115. The normalized spacial score (nSPS) is 13.2. The summed E-state index contributed by atoms with van der Waals surface area (Å²) in [4.78, 5) is 17.3. The zero-order chi connectivity index (χ0) is 15.2. The number of amides is 1. The second-order valence-electron chi connectivity index (χ2n) is 5.77. The van der Waals surface area contributed by atoms with Gasteiger partial charge in [0.2, 0.25) is 5.91 Å². The first-order chi connectivity index (χ1) is 9.34. The molecule has 1 rings (SSSR count). The number of ether oxygens (including phenoxy) is 1. The lowest BCUT2D eigenvalue weighted by atomic mass is 9.98. The molecule has 0 saturated carbocycles. The van der Waals surface area contributed by atoms with E-state index in [-0.39, 0.29) is 17.4 Å². The van der Waals surface area contributed by atoms with Crippen LogP contribution in [-0.4, -0.2) is 37.2 Å². The SMILES string of the molecule is COCCNC(=O)C(C)NCc1cnc(C(C)(C)C)s1. The first-order valence-electron chi connectivity index (χ1n) is 6.80. The number of methoxy groups -OCH3 is 1. The minimum atomic E-state index is -0.230. The Hall–Kier alpha value is -0.980. The second-order valence-corrected chi connectivity index (χ2v) is 6.88. The van der Waals surface area contributed by atoms with Gasteiger partial charge in [0.05, 0.1) is 17.7 Å². The van der Waals surface area contributed by atoms with E-state index in [1.165, 1.54) is 0 Å². The maximum atomic E-state index is 11.8. The first-order valence-corrected chi connectivity index (χ1v) is 7.61. The van der Waals surface area contributed by atoms with Gasteiger partial charge in [0.15, 0.2) is 0 Å². The van der Waals surface area contributed by atoms with Crippen LogP contribution in [0.4, 0.5) is 0 Å². The van der Waals surface area contributed by atoms with Crippen molar-refractivity contribution in [2.45, 2.75) is 45.7 Å². The minimum Gasteiger partial charge on any atom is -0.383 e. The van der Waals surface area contributed by atoms with Crippen LogP contribution in [0.3, 0.4) is 0 Å². The molecule has 0 spiro atoms. The average molecular weight is 299 g/mol. The zero-order valence-corrected chi connectivity index (χ0v) is 13.8. The van der Waals surface area contributed by atoms with Gasteiger partial charge in [0.1, 0.15) is 0 Å². The van der Waals surface area contributed by atoms with E-state index in [1.54, 1.807) is 18.4 Å². The number of carbonyl (C=O) groups is 1. The van der Waals surface area contributed by atoms with Crippen molar-refractivity contribution in [2.24, 2.45) is 0 Å². The van der Waals surface area contributed by atoms with Crippen molar-refractivity contribution in [3.05, 3.63) is 16.1 Å². The molecule has 6 heteroatoms. The molecule has 0 aliphatic carbocycles. The monoisotopic (exact) mass is 299 g/mol. The largest absolute Gasteiger partial charge is 0.383 e. The molecule has 0 radical (unpaired) electrons. The van der Waals surface area contributed by atoms with E-state index in [0.717, 1.165) is 9.88 Å². The molecule has 0 saturated heterocycles. The van der Waals surface area contributed by atoms with Crippen LogP contribution in [0.15, 0.2) is 6.20 Å². The fourth-order valence-electron chi connectivity index (χ4n) is 1.51. The second kappa shape index (κ2) is 7.71. The number of thiazole rings is 1. The molecule has 1 atom stereocenters. The fraction of sp³-hybridized carbons (Fsp3) is 0.714. The van der Waals surface area contributed by atoms with Crippen molar-refractivity contribution in [3.63, 3.8) is 0 Å². The number of aromatic nitrogens is 1. The molecule has 20 heavy (non-hydrogen) atoms. The molecule has 0 bridgehead atoms. The van der Waals surface area contributed by atoms with E-state index in [1.807, 2.05) is 13.1 Å². The lowest BCUT2D eigenvalue weighted by molar-refractivity contribution is -0.122. The smallest absolute Gasteiger partial charge is 0.236 e. The Morgan fingerprint density at radius 3 is 2.75 bits per heavy atom. The van der Waals surface area contributed by atoms with E-state index in [4.69, 9.17) is 4.74 Å². The Morgan fingerprint density at radius 2 is 2.20 bits per heavy atom. The topological polar surface area (TPSA) is 63.2 Å². The van der Waals surface area contributed by atoms with Gasteiger partial charge in [-0.15, -0.1) is 11.3 Å². The number of carbonyl (C=O) groups excluding carboxylic acids is 1. The highest BCUT2D eigenvalue weighted by Crippen LogP contribution is 2.26. The van der Waals surface area contributed by atoms with Crippen LogP contribution in [0.25, 0.3) is 0 Å². The van der Waals surface area contributed by atoms with Gasteiger partial charge < -0.3 is 15.4 Å². The van der Waals surface area contributed by atoms with Crippen molar-refractivity contribution < 1.29 is 9.53 Å². The van der Waals surface area contributed by atoms with Gasteiger partial charge in [-0.2, -0.15) is 0 Å². The highest BCUT2D eigenvalue weighted by Gasteiger charge is 2.18. The van der Waals surface area contributed by atoms with E-state index in [9.17, 15) is 4.79 Å². The molecule has 2 N–H and O–H groups in total. The van der Waals surface area contributed by atoms with Crippen molar-refractivity contribution >= 4 is 17.2 Å². The Balaban J connectivity index is 2.39. The van der Waals surface area contributed by atoms with Crippen molar-refractivity contribution in [3.8, 4) is 0 Å². The third-order valence-electron chi connectivity index (χ3n) is 2.78. The van der Waals surface area contributed by atoms with Crippen molar-refractivity contribution in [2.75, 3.05) is 20.3 Å². The third-order valence-corrected chi connectivity index (χ3v) is 4.20. The third kappa shape index (κ3) is 5.56. The molecule has 1 aromatic heterocycles. The molecule has 1 amide bonds. The molecule has 1 heterocycles. The molecule has 0 fully saturated rings. The maximum absolute atomic E-state index is 11.8. The van der Waals surface area contributed by atoms with E-state index in [2.05, 4.69) is 36.4 Å². The van der Waals surface area contributed by atoms with E-state index < -0.39 is 0 Å². The van der Waals surface area contributed by atoms with Crippen LogP contribution in [0.2, 0.25) is 0 Å². The summed E-state index contributed by atoms with van der Waals surface area (Å²) in [6, 6.07) is -0.230. The van der Waals surface area contributed by atoms with Crippen LogP contribution in [0, 0.1) is 0 Å². The molecule has 0 aromatic carbocycles. The Labute approximate surface area is 125 Å². The van der Waals surface area contributed by atoms with Crippen LogP contribution in [0.1, 0.15) is 37.6 Å². The maximum Gasteiger partial charge on any atom is 0.236 e. The molecule has 114 valence electrons. The van der Waals surface area contributed by atoms with Gasteiger partial charge in [-0.1, -0.05) is 20.8 Å². The number of hydrogen-bond acceptors (Lipinski definition) is 5. The molecular formula is C14H25N3O2S. The van der Waals surface area contributed by atoms with Gasteiger partial charge in [0, 0.05) is 36.7 Å². The summed E-state index contributed by atoms with van der Waals surface area (Å²) in [6.45, 7) is 10.0.